The highest BCUT2D eigenvalue weighted by molar-refractivity contribution is 5.93. The molecule has 1 heterocycles. The second kappa shape index (κ2) is 7.65. The molecule has 0 saturated heterocycles. The van der Waals surface area contributed by atoms with Crippen molar-refractivity contribution in [2.75, 3.05) is 18.5 Å². The summed E-state index contributed by atoms with van der Waals surface area (Å²) in [6.07, 6.45) is 0.307. The second-order valence-electron chi connectivity index (χ2n) is 5.50. The van der Waals surface area contributed by atoms with Crippen molar-refractivity contribution in [3.05, 3.63) is 53.8 Å². The maximum absolute atomic E-state index is 12.8. The Labute approximate surface area is 143 Å². The van der Waals surface area contributed by atoms with Crippen LogP contribution in [0.4, 0.5) is 10.1 Å². The molecule has 1 aliphatic rings. The SMILES string of the molecule is O=C(COc1ccc(F)cc1)NCc1ccc2c(c1)NC(=O)CCO2. The number of carbonyl (C=O) groups excluding carboxylic acids is 2. The van der Waals surface area contributed by atoms with Crippen molar-refractivity contribution in [1.29, 1.82) is 0 Å². The molecular formula is C18H17FN2O4. The fourth-order valence-electron chi connectivity index (χ4n) is 2.31. The van der Waals surface area contributed by atoms with Gasteiger partial charge < -0.3 is 20.1 Å². The summed E-state index contributed by atoms with van der Waals surface area (Å²) in [5.41, 5.74) is 1.41. The van der Waals surface area contributed by atoms with Gasteiger partial charge in [-0.05, 0) is 42.0 Å². The summed E-state index contributed by atoms with van der Waals surface area (Å²) in [5, 5.41) is 5.49. The molecule has 1 aliphatic heterocycles. The van der Waals surface area contributed by atoms with Crippen LogP contribution in [0, 0.1) is 5.82 Å². The zero-order valence-corrected chi connectivity index (χ0v) is 13.4. The molecular weight excluding hydrogens is 327 g/mol. The maximum atomic E-state index is 12.8. The minimum absolute atomic E-state index is 0.104. The number of hydrogen-bond donors (Lipinski definition) is 2. The van der Waals surface area contributed by atoms with Gasteiger partial charge in [0.25, 0.3) is 5.91 Å². The van der Waals surface area contributed by atoms with Gasteiger partial charge in [-0.1, -0.05) is 6.07 Å². The first-order valence-electron chi connectivity index (χ1n) is 7.81. The van der Waals surface area contributed by atoms with Crippen LogP contribution in [0.5, 0.6) is 11.5 Å². The summed E-state index contributed by atoms with van der Waals surface area (Å²) in [4.78, 5) is 23.4. The van der Waals surface area contributed by atoms with Crippen LogP contribution in [0.1, 0.15) is 12.0 Å². The molecule has 6 nitrogen and oxygen atoms in total. The van der Waals surface area contributed by atoms with Gasteiger partial charge in [-0.3, -0.25) is 9.59 Å². The minimum Gasteiger partial charge on any atom is -0.491 e. The number of carbonyl (C=O) groups is 2. The molecule has 0 aliphatic carbocycles. The molecule has 2 aromatic carbocycles. The molecule has 0 saturated carbocycles. The van der Waals surface area contributed by atoms with E-state index in [1.807, 2.05) is 6.07 Å². The van der Waals surface area contributed by atoms with E-state index in [2.05, 4.69) is 10.6 Å². The topological polar surface area (TPSA) is 76.7 Å². The predicted molar refractivity (Wildman–Crippen MR) is 88.9 cm³/mol. The Morgan fingerprint density at radius 3 is 2.84 bits per heavy atom. The average Bonchev–Trinajstić information content (AvgIpc) is 2.79. The normalized spacial score (nSPS) is 13.1. The number of amides is 2. The predicted octanol–water partition coefficient (Wildman–Crippen LogP) is 2.24. The van der Waals surface area contributed by atoms with E-state index in [0.29, 0.717) is 30.2 Å². The van der Waals surface area contributed by atoms with Gasteiger partial charge in [0.2, 0.25) is 5.91 Å². The van der Waals surface area contributed by atoms with E-state index in [9.17, 15) is 14.0 Å². The Kier molecular flexibility index (Phi) is 5.13. The molecule has 0 aromatic heterocycles. The van der Waals surface area contributed by atoms with Crippen molar-refractivity contribution in [3.63, 3.8) is 0 Å². The lowest BCUT2D eigenvalue weighted by Crippen LogP contribution is -2.28. The van der Waals surface area contributed by atoms with Crippen LogP contribution in [-0.2, 0) is 16.1 Å². The van der Waals surface area contributed by atoms with Crippen molar-refractivity contribution < 1.29 is 23.5 Å². The van der Waals surface area contributed by atoms with Crippen molar-refractivity contribution >= 4 is 17.5 Å². The molecule has 2 N–H and O–H groups in total. The zero-order valence-electron chi connectivity index (χ0n) is 13.4. The second-order valence-corrected chi connectivity index (χ2v) is 5.50. The van der Waals surface area contributed by atoms with E-state index in [-0.39, 0.29) is 30.8 Å². The molecule has 25 heavy (non-hydrogen) atoms. The van der Waals surface area contributed by atoms with Gasteiger partial charge in [-0.15, -0.1) is 0 Å². The number of halogens is 1. The molecule has 130 valence electrons. The quantitative estimate of drug-likeness (QED) is 0.872. The lowest BCUT2D eigenvalue weighted by Gasteiger charge is -2.11. The number of fused-ring (bicyclic) bond motifs is 1. The smallest absolute Gasteiger partial charge is 0.258 e. The highest BCUT2D eigenvalue weighted by atomic mass is 19.1. The number of hydrogen-bond acceptors (Lipinski definition) is 4. The van der Waals surface area contributed by atoms with Gasteiger partial charge in [-0.2, -0.15) is 0 Å². The van der Waals surface area contributed by atoms with E-state index in [1.165, 1.54) is 24.3 Å². The summed E-state index contributed by atoms with van der Waals surface area (Å²) in [5.74, 6) is 0.255. The Balaban J connectivity index is 1.52. The molecule has 2 amide bonds. The fourth-order valence-corrected chi connectivity index (χ4v) is 2.31. The van der Waals surface area contributed by atoms with Gasteiger partial charge >= 0.3 is 0 Å². The first-order chi connectivity index (χ1) is 12.1. The maximum Gasteiger partial charge on any atom is 0.258 e. The lowest BCUT2D eigenvalue weighted by atomic mass is 10.2. The van der Waals surface area contributed by atoms with Gasteiger partial charge in [0.05, 0.1) is 18.7 Å². The van der Waals surface area contributed by atoms with Crippen molar-refractivity contribution in [3.8, 4) is 11.5 Å². The van der Waals surface area contributed by atoms with E-state index >= 15 is 0 Å². The third-order valence-corrected chi connectivity index (χ3v) is 3.58. The highest BCUT2D eigenvalue weighted by Crippen LogP contribution is 2.28. The Bertz CT molecular complexity index is 777. The van der Waals surface area contributed by atoms with Gasteiger partial charge in [0.1, 0.15) is 17.3 Å². The largest absolute Gasteiger partial charge is 0.491 e. The van der Waals surface area contributed by atoms with Crippen LogP contribution < -0.4 is 20.1 Å². The number of rotatable bonds is 5. The number of nitrogens with one attached hydrogen (secondary N) is 2. The summed E-state index contributed by atoms with van der Waals surface area (Å²) in [6, 6.07) is 10.8. The first kappa shape index (κ1) is 16.8. The van der Waals surface area contributed by atoms with Crippen LogP contribution >= 0.6 is 0 Å². The lowest BCUT2D eigenvalue weighted by molar-refractivity contribution is -0.123. The molecule has 0 fully saturated rings. The first-order valence-corrected chi connectivity index (χ1v) is 7.81. The van der Waals surface area contributed by atoms with Crippen molar-refractivity contribution in [2.24, 2.45) is 0 Å². The molecule has 0 spiro atoms. The molecule has 3 rings (SSSR count). The van der Waals surface area contributed by atoms with E-state index in [1.54, 1.807) is 12.1 Å². The van der Waals surface area contributed by atoms with E-state index < -0.39 is 0 Å². The molecule has 0 atom stereocenters. The van der Waals surface area contributed by atoms with Gasteiger partial charge in [0.15, 0.2) is 6.61 Å². The van der Waals surface area contributed by atoms with Crippen LogP contribution in [0.25, 0.3) is 0 Å². The number of benzene rings is 2. The van der Waals surface area contributed by atoms with Gasteiger partial charge in [-0.25, -0.2) is 4.39 Å². The van der Waals surface area contributed by atoms with Crippen LogP contribution in [-0.4, -0.2) is 25.0 Å². The summed E-state index contributed by atoms with van der Waals surface area (Å²) in [6.45, 7) is 0.459. The molecule has 0 unspecified atom stereocenters. The fraction of sp³-hybridized carbons (Fsp3) is 0.222. The Morgan fingerprint density at radius 1 is 1.24 bits per heavy atom. The van der Waals surface area contributed by atoms with E-state index in [4.69, 9.17) is 9.47 Å². The molecule has 2 aromatic rings. The van der Waals surface area contributed by atoms with Gasteiger partial charge in [0, 0.05) is 6.54 Å². The molecule has 0 bridgehead atoms. The summed E-state index contributed by atoms with van der Waals surface area (Å²) >= 11 is 0. The monoisotopic (exact) mass is 344 g/mol. The summed E-state index contributed by atoms with van der Waals surface area (Å²) in [7, 11) is 0. The average molecular weight is 344 g/mol. The van der Waals surface area contributed by atoms with Crippen molar-refractivity contribution in [2.45, 2.75) is 13.0 Å². The number of anilines is 1. The van der Waals surface area contributed by atoms with Crippen LogP contribution in [0.2, 0.25) is 0 Å². The van der Waals surface area contributed by atoms with Crippen LogP contribution in [0.3, 0.4) is 0 Å². The zero-order chi connectivity index (χ0) is 17.6. The summed E-state index contributed by atoms with van der Waals surface area (Å²) < 4.78 is 23.5. The van der Waals surface area contributed by atoms with E-state index in [0.717, 1.165) is 5.56 Å². The highest BCUT2D eigenvalue weighted by Gasteiger charge is 2.14. The van der Waals surface area contributed by atoms with Crippen molar-refractivity contribution in [1.82, 2.24) is 5.32 Å². The third kappa shape index (κ3) is 4.69. The molecule has 0 radical (unpaired) electrons. The molecule has 7 heteroatoms. The Hall–Kier alpha value is -3.09. The Morgan fingerprint density at radius 2 is 2.04 bits per heavy atom. The minimum atomic E-state index is -0.365. The third-order valence-electron chi connectivity index (χ3n) is 3.58. The standard InChI is InChI=1S/C18H17FN2O4/c19-13-2-4-14(5-3-13)25-11-18(23)20-10-12-1-6-16-15(9-12)21-17(22)7-8-24-16/h1-6,9H,7-8,10-11H2,(H,20,23)(H,21,22). The number of ether oxygens (including phenoxy) is 2. The van der Waals surface area contributed by atoms with Crippen LogP contribution in [0.15, 0.2) is 42.5 Å².